The first-order valence-corrected chi connectivity index (χ1v) is 6.67. The molecule has 2 fully saturated rings. The Kier molecular flexibility index (Phi) is 3.04. The summed E-state index contributed by atoms with van der Waals surface area (Å²) in [5.41, 5.74) is 1.58. The maximum atomic E-state index is 12.5. The minimum atomic E-state index is 0.0958. The van der Waals surface area contributed by atoms with Gasteiger partial charge in [-0.2, -0.15) is 0 Å². The van der Waals surface area contributed by atoms with E-state index in [1.165, 1.54) is 0 Å². The van der Waals surface area contributed by atoms with Gasteiger partial charge in [-0.15, -0.1) is 0 Å². The fourth-order valence-electron chi connectivity index (χ4n) is 3.08. The molecule has 2 aliphatic heterocycles. The van der Waals surface area contributed by atoms with E-state index in [4.69, 9.17) is 0 Å². The highest BCUT2D eigenvalue weighted by Gasteiger charge is 2.35. The summed E-state index contributed by atoms with van der Waals surface area (Å²) in [6.07, 6.45) is 2.82. The molecule has 2 aliphatic rings. The van der Waals surface area contributed by atoms with Crippen molar-refractivity contribution in [1.82, 2.24) is 15.2 Å². The van der Waals surface area contributed by atoms with Crippen LogP contribution in [-0.2, 0) is 0 Å². The number of pyridine rings is 1. The Morgan fingerprint density at radius 1 is 1.44 bits per heavy atom. The number of fused-ring (bicyclic) bond motifs is 1. The topological polar surface area (TPSA) is 45.2 Å². The van der Waals surface area contributed by atoms with Crippen LogP contribution in [0, 0.1) is 18.8 Å². The number of amides is 1. The zero-order chi connectivity index (χ0) is 12.5. The second-order valence-corrected chi connectivity index (χ2v) is 5.39. The third-order valence-electron chi connectivity index (χ3n) is 4.20. The van der Waals surface area contributed by atoms with Crippen molar-refractivity contribution in [2.24, 2.45) is 11.8 Å². The number of carbonyl (C=O) groups is 1. The van der Waals surface area contributed by atoms with E-state index in [2.05, 4.69) is 10.3 Å². The SMILES string of the molecule is Cc1cccnc1C(=O)N1CCC2CNCC2C1. The van der Waals surface area contributed by atoms with E-state index in [0.29, 0.717) is 11.6 Å². The van der Waals surface area contributed by atoms with Crippen molar-refractivity contribution in [3.63, 3.8) is 0 Å². The van der Waals surface area contributed by atoms with Crippen molar-refractivity contribution in [3.05, 3.63) is 29.6 Å². The Balaban J connectivity index is 1.75. The number of nitrogens with one attached hydrogen (secondary N) is 1. The normalized spacial score (nSPS) is 27.1. The number of carbonyl (C=O) groups excluding carboxylic acids is 1. The van der Waals surface area contributed by atoms with Crippen LogP contribution in [0.25, 0.3) is 0 Å². The molecule has 0 bridgehead atoms. The van der Waals surface area contributed by atoms with Gasteiger partial charge in [-0.1, -0.05) is 6.07 Å². The van der Waals surface area contributed by atoms with Crippen LogP contribution in [-0.4, -0.2) is 42.0 Å². The number of aromatic nitrogens is 1. The molecule has 2 atom stereocenters. The van der Waals surface area contributed by atoms with Gasteiger partial charge in [0.15, 0.2) is 0 Å². The van der Waals surface area contributed by atoms with Crippen LogP contribution < -0.4 is 5.32 Å². The molecule has 3 rings (SSSR count). The molecule has 4 heteroatoms. The Bertz CT molecular complexity index is 460. The fourth-order valence-corrected chi connectivity index (χ4v) is 3.08. The van der Waals surface area contributed by atoms with Crippen molar-refractivity contribution in [2.75, 3.05) is 26.2 Å². The fraction of sp³-hybridized carbons (Fsp3) is 0.571. The molecule has 1 aromatic heterocycles. The number of rotatable bonds is 1. The number of piperidine rings is 1. The minimum absolute atomic E-state index is 0.0958. The summed E-state index contributed by atoms with van der Waals surface area (Å²) in [7, 11) is 0. The summed E-state index contributed by atoms with van der Waals surface area (Å²) in [6.45, 7) is 5.87. The van der Waals surface area contributed by atoms with Gasteiger partial charge in [0.25, 0.3) is 5.91 Å². The molecule has 0 saturated carbocycles. The van der Waals surface area contributed by atoms with Crippen LogP contribution in [0.15, 0.2) is 18.3 Å². The Morgan fingerprint density at radius 2 is 2.28 bits per heavy atom. The van der Waals surface area contributed by atoms with Crippen LogP contribution in [0.2, 0.25) is 0 Å². The van der Waals surface area contributed by atoms with E-state index in [0.717, 1.165) is 44.1 Å². The first-order valence-electron chi connectivity index (χ1n) is 6.67. The van der Waals surface area contributed by atoms with Crippen molar-refractivity contribution in [2.45, 2.75) is 13.3 Å². The average Bonchev–Trinajstić information content (AvgIpc) is 2.85. The van der Waals surface area contributed by atoms with Crippen molar-refractivity contribution in [3.8, 4) is 0 Å². The molecule has 1 amide bonds. The predicted molar refractivity (Wildman–Crippen MR) is 69.3 cm³/mol. The second-order valence-electron chi connectivity index (χ2n) is 5.39. The molecule has 2 unspecified atom stereocenters. The quantitative estimate of drug-likeness (QED) is 0.805. The third kappa shape index (κ3) is 2.01. The Hall–Kier alpha value is -1.42. The zero-order valence-corrected chi connectivity index (χ0v) is 10.7. The highest BCUT2D eigenvalue weighted by molar-refractivity contribution is 5.93. The van der Waals surface area contributed by atoms with Crippen LogP contribution in [0.5, 0.6) is 0 Å². The van der Waals surface area contributed by atoms with Gasteiger partial charge in [0.2, 0.25) is 0 Å². The standard InChI is InChI=1S/C14H19N3O/c1-10-3-2-5-16-13(10)14(18)17-6-4-11-7-15-8-12(11)9-17/h2-3,5,11-12,15H,4,6-9H2,1H3. The van der Waals surface area contributed by atoms with Crippen LogP contribution >= 0.6 is 0 Å². The molecule has 18 heavy (non-hydrogen) atoms. The average molecular weight is 245 g/mol. The monoisotopic (exact) mass is 245 g/mol. The third-order valence-corrected chi connectivity index (χ3v) is 4.20. The zero-order valence-electron chi connectivity index (χ0n) is 10.7. The van der Waals surface area contributed by atoms with Crippen molar-refractivity contribution < 1.29 is 4.79 Å². The molecule has 0 aliphatic carbocycles. The maximum absolute atomic E-state index is 12.5. The molecule has 0 radical (unpaired) electrons. The Morgan fingerprint density at radius 3 is 3.11 bits per heavy atom. The van der Waals surface area contributed by atoms with Gasteiger partial charge in [0.1, 0.15) is 5.69 Å². The summed E-state index contributed by atoms with van der Waals surface area (Å²) in [4.78, 5) is 18.7. The minimum Gasteiger partial charge on any atom is -0.337 e. The van der Waals surface area contributed by atoms with Crippen molar-refractivity contribution >= 4 is 5.91 Å². The molecule has 1 N–H and O–H groups in total. The molecule has 0 aromatic carbocycles. The van der Waals surface area contributed by atoms with E-state index < -0.39 is 0 Å². The predicted octanol–water partition coefficient (Wildman–Crippen LogP) is 1.07. The van der Waals surface area contributed by atoms with E-state index in [-0.39, 0.29) is 5.91 Å². The highest BCUT2D eigenvalue weighted by atomic mass is 16.2. The number of likely N-dealkylation sites (tertiary alicyclic amines) is 1. The summed E-state index contributed by atoms with van der Waals surface area (Å²) in [6, 6.07) is 3.82. The van der Waals surface area contributed by atoms with Gasteiger partial charge >= 0.3 is 0 Å². The van der Waals surface area contributed by atoms with E-state index >= 15 is 0 Å². The van der Waals surface area contributed by atoms with Gasteiger partial charge in [-0.05, 0) is 49.9 Å². The molecule has 3 heterocycles. The Labute approximate surface area is 107 Å². The molecular formula is C14H19N3O. The van der Waals surface area contributed by atoms with Gasteiger partial charge in [0.05, 0.1) is 0 Å². The highest BCUT2D eigenvalue weighted by Crippen LogP contribution is 2.27. The van der Waals surface area contributed by atoms with Crippen LogP contribution in [0.1, 0.15) is 22.5 Å². The molecular weight excluding hydrogens is 226 g/mol. The molecule has 96 valence electrons. The smallest absolute Gasteiger partial charge is 0.272 e. The van der Waals surface area contributed by atoms with Gasteiger partial charge in [-0.3, -0.25) is 9.78 Å². The van der Waals surface area contributed by atoms with Gasteiger partial charge in [-0.25, -0.2) is 0 Å². The van der Waals surface area contributed by atoms with Gasteiger partial charge in [0, 0.05) is 19.3 Å². The summed E-state index contributed by atoms with van der Waals surface area (Å²) in [5, 5.41) is 3.42. The van der Waals surface area contributed by atoms with E-state index in [1.54, 1.807) is 6.20 Å². The maximum Gasteiger partial charge on any atom is 0.272 e. The lowest BCUT2D eigenvalue weighted by molar-refractivity contribution is 0.0636. The summed E-state index contributed by atoms with van der Waals surface area (Å²) < 4.78 is 0. The molecule has 2 saturated heterocycles. The first kappa shape index (κ1) is 11.7. The lowest BCUT2D eigenvalue weighted by atomic mass is 9.88. The number of nitrogens with zero attached hydrogens (tertiary/aromatic N) is 2. The number of hydrogen-bond acceptors (Lipinski definition) is 3. The van der Waals surface area contributed by atoms with Gasteiger partial charge < -0.3 is 10.2 Å². The molecule has 1 aromatic rings. The lowest BCUT2D eigenvalue weighted by Gasteiger charge is -2.34. The first-order chi connectivity index (χ1) is 8.75. The molecule has 0 spiro atoms. The summed E-state index contributed by atoms with van der Waals surface area (Å²) in [5.74, 6) is 1.49. The van der Waals surface area contributed by atoms with E-state index in [9.17, 15) is 4.79 Å². The molecule has 4 nitrogen and oxygen atoms in total. The van der Waals surface area contributed by atoms with Crippen molar-refractivity contribution in [1.29, 1.82) is 0 Å². The van der Waals surface area contributed by atoms with E-state index in [1.807, 2.05) is 24.0 Å². The second kappa shape index (κ2) is 4.69. The largest absolute Gasteiger partial charge is 0.337 e. The number of aryl methyl sites for hydroxylation is 1. The summed E-state index contributed by atoms with van der Waals surface area (Å²) >= 11 is 0. The van der Waals surface area contributed by atoms with Crippen LogP contribution in [0.3, 0.4) is 0 Å². The van der Waals surface area contributed by atoms with Crippen LogP contribution in [0.4, 0.5) is 0 Å². The lowest BCUT2D eigenvalue weighted by Crippen LogP contribution is -2.43. The number of hydrogen-bond donors (Lipinski definition) is 1.